The van der Waals surface area contributed by atoms with Crippen molar-refractivity contribution in [2.45, 2.75) is 37.3 Å². The fraction of sp³-hybridized carbons (Fsp3) is 0.318. The summed E-state index contributed by atoms with van der Waals surface area (Å²) in [4.78, 5) is 13.0. The quantitative estimate of drug-likeness (QED) is 0.660. The highest BCUT2D eigenvalue weighted by molar-refractivity contribution is 8.00. The molecule has 26 heavy (non-hydrogen) atoms. The molecule has 136 valence electrons. The van der Waals surface area contributed by atoms with Crippen LogP contribution < -0.4 is 4.74 Å². The van der Waals surface area contributed by atoms with Gasteiger partial charge in [0, 0.05) is 4.75 Å². The van der Waals surface area contributed by atoms with Crippen molar-refractivity contribution in [3.63, 3.8) is 0 Å². The Morgan fingerprint density at radius 2 is 1.81 bits per heavy atom. The molecule has 0 unspecified atom stereocenters. The lowest BCUT2D eigenvalue weighted by atomic mass is 9.96. The van der Waals surface area contributed by atoms with Crippen molar-refractivity contribution in [3.05, 3.63) is 65.2 Å². The molecule has 0 spiro atoms. The Morgan fingerprint density at radius 1 is 1.15 bits per heavy atom. The van der Waals surface area contributed by atoms with E-state index < -0.39 is 0 Å². The van der Waals surface area contributed by atoms with Gasteiger partial charge in [-0.3, -0.25) is 0 Å². The SMILES string of the molecule is C/C=C(\c1ccc(C(=O)OCC)cc1)c1ccc2c(c1)OCC(C)(C)S2. The van der Waals surface area contributed by atoms with Crippen LogP contribution in [0.1, 0.15) is 49.2 Å². The summed E-state index contributed by atoms with van der Waals surface area (Å²) in [5.74, 6) is 0.650. The van der Waals surface area contributed by atoms with Crippen molar-refractivity contribution < 1.29 is 14.3 Å². The lowest BCUT2D eigenvalue weighted by Crippen LogP contribution is -2.28. The average Bonchev–Trinajstić information content (AvgIpc) is 2.62. The standard InChI is InChI=1S/C22H24O3S/c1-5-18(15-7-9-16(10-8-15)21(23)24-6-2)17-11-12-20-19(13-17)25-14-22(3,4)26-20/h5,7-13H,6,14H2,1-4H3/b18-5+. The first-order valence-electron chi connectivity index (χ1n) is 8.83. The summed E-state index contributed by atoms with van der Waals surface area (Å²) in [5, 5.41) is 0. The molecule has 0 saturated carbocycles. The van der Waals surface area contributed by atoms with E-state index >= 15 is 0 Å². The Morgan fingerprint density at radius 3 is 2.46 bits per heavy atom. The summed E-state index contributed by atoms with van der Waals surface area (Å²) in [6.07, 6.45) is 2.08. The first kappa shape index (κ1) is 18.6. The van der Waals surface area contributed by atoms with Gasteiger partial charge in [0.25, 0.3) is 0 Å². The number of rotatable bonds is 4. The van der Waals surface area contributed by atoms with Crippen LogP contribution in [0, 0.1) is 0 Å². The van der Waals surface area contributed by atoms with Crippen LogP contribution in [0.2, 0.25) is 0 Å². The number of allylic oxidation sites excluding steroid dienone is 1. The second-order valence-electron chi connectivity index (χ2n) is 6.81. The Bertz CT molecular complexity index is 835. The summed E-state index contributed by atoms with van der Waals surface area (Å²) in [5.41, 5.74) is 3.85. The highest BCUT2D eigenvalue weighted by atomic mass is 32.2. The van der Waals surface area contributed by atoms with Crippen molar-refractivity contribution in [2.75, 3.05) is 13.2 Å². The summed E-state index contributed by atoms with van der Waals surface area (Å²) in [6.45, 7) is 9.29. The van der Waals surface area contributed by atoms with E-state index in [0.717, 1.165) is 22.4 Å². The fourth-order valence-electron chi connectivity index (χ4n) is 2.95. The number of carbonyl (C=O) groups excluding carboxylic acids is 1. The third-order valence-electron chi connectivity index (χ3n) is 4.21. The Kier molecular flexibility index (Phi) is 5.42. The van der Waals surface area contributed by atoms with E-state index in [4.69, 9.17) is 9.47 Å². The van der Waals surface area contributed by atoms with Gasteiger partial charge in [-0.2, -0.15) is 0 Å². The Labute approximate surface area is 159 Å². The molecule has 4 heteroatoms. The van der Waals surface area contributed by atoms with Crippen LogP contribution in [0.5, 0.6) is 5.75 Å². The summed E-state index contributed by atoms with van der Waals surface area (Å²) in [7, 11) is 0. The topological polar surface area (TPSA) is 35.5 Å². The number of benzene rings is 2. The minimum absolute atomic E-state index is 0.0981. The van der Waals surface area contributed by atoms with E-state index in [0.29, 0.717) is 18.8 Å². The third-order valence-corrected chi connectivity index (χ3v) is 5.44. The van der Waals surface area contributed by atoms with Crippen molar-refractivity contribution in [1.82, 2.24) is 0 Å². The predicted molar refractivity (Wildman–Crippen MR) is 107 cm³/mol. The maximum Gasteiger partial charge on any atom is 0.338 e. The zero-order valence-corrected chi connectivity index (χ0v) is 16.5. The van der Waals surface area contributed by atoms with Crippen LogP contribution in [0.3, 0.4) is 0 Å². The number of thioether (sulfide) groups is 1. The van der Waals surface area contributed by atoms with Gasteiger partial charge in [0.15, 0.2) is 0 Å². The van der Waals surface area contributed by atoms with Crippen LogP contribution in [0.15, 0.2) is 53.4 Å². The maximum absolute atomic E-state index is 11.8. The molecule has 0 saturated heterocycles. The van der Waals surface area contributed by atoms with E-state index in [1.807, 2.05) is 49.9 Å². The number of esters is 1. The molecule has 2 aromatic carbocycles. The fourth-order valence-corrected chi connectivity index (χ4v) is 4.02. The zero-order valence-electron chi connectivity index (χ0n) is 15.7. The number of carbonyl (C=O) groups is 1. The molecule has 0 aromatic heterocycles. The second kappa shape index (κ2) is 7.58. The van der Waals surface area contributed by atoms with Gasteiger partial charge in [0.05, 0.1) is 17.1 Å². The van der Waals surface area contributed by atoms with E-state index in [-0.39, 0.29) is 10.7 Å². The zero-order chi connectivity index (χ0) is 18.7. The van der Waals surface area contributed by atoms with Crippen molar-refractivity contribution in [3.8, 4) is 5.75 Å². The van der Waals surface area contributed by atoms with Crippen LogP contribution in [0.4, 0.5) is 0 Å². The molecule has 0 bridgehead atoms. The van der Waals surface area contributed by atoms with E-state index in [1.165, 1.54) is 4.90 Å². The maximum atomic E-state index is 11.8. The molecule has 1 heterocycles. The average molecular weight is 368 g/mol. The van der Waals surface area contributed by atoms with Crippen molar-refractivity contribution >= 4 is 23.3 Å². The highest BCUT2D eigenvalue weighted by Crippen LogP contribution is 2.44. The van der Waals surface area contributed by atoms with Gasteiger partial charge in [0.2, 0.25) is 0 Å². The molecule has 0 atom stereocenters. The van der Waals surface area contributed by atoms with E-state index in [2.05, 4.69) is 38.1 Å². The minimum Gasteiger partial charge on any atom is -0.491 e. The van der Waals surface area contributed by atoms with E-state index in [1.54, 1.807) is 0 Å². The molecule has 0 amide bonds. The second-order valence-corrected chi connectivity index (χ2v) is 8.56. The van der Waals surface area contributed by atoms with Gasteiger partial charge in [0.1, 0.15) is 12.4 Å². The highest BCUT2D eigenvalue weighted by Gasteiger charge is 2.27. The van der Waals surface area contributed by atoms with Crippen LogP contribution in [-0.4, -0.2) is 23.9 Å². The van der Waals surface area contributed by atoms with Gasteiger partial charge in [-0.1, -0.05) is 24.3 Å². The predicted octanol–water partition coefficient (Wildman–Crippen LogP) is 5.58. The minimum atomic E-state index is -0.289. The van der Waals surface area contributed by atoms with E-state index in [9.17, 15) is 4.79 Å². The largest absolute Gasteiger partial charge is 0.491 e. The monoisotopic (exact) mass is 368 g/mol. The van der Waals surface area contributed by atoms with Crippen LogP contribution in [0.25, 0.3) is 5.57 Å². The summed E-state index contributed by atoms with van der Waals surface area (Å²) in [6, 6.07) is 13.9. The molecule has 0 N–H and O–H groups in total. The van der Waals surface area contributed by atoms with Gasteiger partial charge in [-0.15, -0.1) is 11.8 Å². The van der Waals surface area contributed by atoms with Gasteiger partial charge < -0.3 is 9.47 Å². The molecule has 3 nitrogen and oxygen atoms in total. The first-order chi connectivity index (χ1) is 12.4. The van der Waals surface area contributed by atoms with Crippen LogP contribution in [-0.2, 0) is 4.74 Å². The Balaban J connectivity index is 1.87. The molecule has 1 aliphatic rings. The van der Waals surface area contributed by atoms with Crippen molar-refractivity contribution in [2.24, 2.45) is 0 Å². The molecule has 0 fully saturated rings. The normalized spacial score (nSPS) is 15.8. The first-order valence-corrected chi connectivity index (χ1v) is 9.65. The van der Waals surface area contributed by atoms with Gasteiger partial charge >= 0.3 is 5.97 Å². The number of fused-ring (bicyclic) bond motifs is 1. The summed E-state index contributed by atoms with van der Waals surface area (Å²) < 4.78 is 11.1. The number of ether oxygens (including phenoxy) is 2. The smallest absolute Gasteiger partial charge is 0.338 e. The molecular weight excluding hydrogens is 344 g/mol. The van der Waals surface area contributed by atoms with Gasteiger partial charge in [-0.25, -0.2) is 4.79 Å². The molecule has 0 radical (unpaired) electrons. The number of hydrogen-bond donors (Lipinski definition) is 0. The molecule has 1 aliphatic heterocycles. The molecular formula is C22H24O3S. The summed E-state index contributed by atoms with van der Waals surface area (Å²) >= 11 is 1.85. The van der Waals surface area contributed by atoms with Crippen molar-refractivity contribution in [1.29, 1.82) is 0 Å². The molecule has 2 aromatic rings. The molecule has 3 rings (SSSR count). The Hall–Kier alpha value is -2.20. The lowest BCUT2D eigenvalue weighted by molar-refractivity contribution is 0.0526. The van der Waals surface area contributed by atoms with Crippen LogP contribution >= 0.6 is 11.8 Å². The van der Waals surface area contributed by atoms with Gasteiger partial charge in [-0.05, 0) is 68.7 Å². The molecule has 0 aliphatic carbocycles. The third kappa shape index (κ3) is 3.96. The number of hydrogen-bond acceptors (Lipinski definition) is 4. The lowest BCUT2D eigenvalue weighted by Gasteiger charge is -2.31.